The number of hydrogen-bond acceptors (Lipinski definition) is 5. The molecule has 0 aromatic heterocycles. The number of nitrogens with zero attached hydrogens (tertiary/aromatic N) is 2. The van der Waals surface area contributed by atoms with Gasteiger partial charge in [0.15, 0.2) is 6.61 Å². The Hall–Kier alpha value is -3.52. The quantitative estimate of drug-likeness (QED) is 0.383. The van der Waals surface area contributed by atoms with Crippen LogP contribution in [-0.2, 0) is 21.2 Å². The molecule has 1 amide bonds. The highest BCUT2D eigenvalue weighted by atomic mass is 32.2. The van der Waals surface area contributed by atoms with Crippen LogP contribution in [0.3, 0.4) is 0 Å². The van der Waals surface area contributed by atoms with Crippen LogP contribution in [0.2, 0.25) is 0 Å². The molecular formula is C29H34N2O5S. The van der Waals surface area contributed by atoms with E-state index in [0.29, 0.717) is 29.7 Å². The molecule has 3 aromatic carbocycles. The minimum absolute atomic E-state index is 0.0302. The Bertz CT molecular complexity index is 1250. The molecule has 0 spiro atoms. The van der Waals surface area contributed by atoms with Crippen LogP contribution >= 0.6 is 0 Å². The molecule has 1 fully saturated rings. The van der Waals surface area contributed by atoms with Crippen molar-refractivity contribution in [2.75, 3.05) is 37.7 Å². The lowest BCUT2D eigenvalue weighted by Gasteiger charge is -2.32. The van der Waals surface area contributed by atoms with Crippen LogP contribution in [0.5, 0.6) is 11.5 Å². The molecule has 7 nitrogen and oxygen atoms in total. The van der Waals surface area contributed by atoms with Gasteiger partial charge in [0.05, 0.1) is 17.2 Å². The Labute approximate surface area is 219 Å². The molecule has 4 rings (SSSR count). The van der Waals surface area contributed by atoms with Gasteiger partial charge in [-0.3, -0.25) is 9.10 Å². The van der Waals surface area contributed by atoms with Crippen molar-refractivity contribution in [2.45, 2.75) is 31.1 Å². The molecule has 0 N–H and O–H groups in total. The van der Waals surface area contributed by atoms with Crippen LogP contribution in [0.15, 0.2) is 83.8 Å². The van der Waals surface area contributed by atoms with Gasteiger partial charge in [0.1, 0.15) is 11.5 Å². The lowest BCUT2D eigenvalue weighted by atomic mass is 9.90. The molecule has 1 heterocycles. The Morgan fingerprint density at radius 3 is 2.11 bits per heavy atom. The summed E-state index contributed by atoms with van der Waals surface area (Å²) in [5.41, 5.74) is 1.84. The van der Waals surface area contributed by atoms with Crippen molar-refractivity contribution in [3.63, 3.8) is 0 Å². The van der Waals surface area contributed by atoms with Crippen molar-refractivity contribution in [2.24, 2.45) is 5.92 Å². The van der Waals surface area contributed by atoms with Gasteiger partial charge in [0.25, 0.3) is 15.9 Å². The normalized spacial score (nSPS) is 14.3. The van der Waals surface area contributed by atoms with Gasteiger partial charge in [-0.1, -0.05) is 30.3 Å². The molecule has 0 bridgehead atoms. The zero-order chi connectivity index (χ0) is 26.3. The van der Waals surface area contributed by atoms with E-state index < -0.39 is 10.0 Å². The van der Waals surface area contributed by atoms with E-state index in [-0.39, 0.29) is 17.4 Å². The summed E-state index contributed by atoms with van der Waals surface area (Å²) in [4.78, 5) is 14.7. The first kappa shape index (κ1) is 26.5. The van der Waals surface area contributed by atoms with Crippen molar-refractivity contribution < 1.29 is 22.7 Å². The summed E-state index contributed by atoms with van der Waals surface area (Å²) in [5, 5.41) is 0. The van der Waals surface area contributed by atoms with Gasteiger partial charge in [0, 0.05) is 20.1 Å². The van der Waals surface area contributed by atoms with Gasteiger partial charge in [-0.15, -0.1) is 0 Å². The van der Waals surface area contributed by atoms with Gasteiger partial charge in [-0.2, -0.15) is 0 Å². The second-order valence-corrected chi connectivity index (χ2v) is 11.1. The van der Waals surface area contributed by atoms with Crippen molar-refractivity contribution in [3.8, 4) is 11.5 Å². The fourth-order valence-corrected chi connectivity index (χ4v) is 5.69. The molecule has 8 heteroatoms. The summed E-state index contributed by atoms with van der Waals surface area (Å²) in [6.45, 7) is 3.83. The van der Waals surface area contributed by atoms with Crippen LogP contribution in [0.4, 0.5) is 5.69 Å². The van der Waals surface area contributed by atoms with Gasteiger partial charge in [-0.05, 0) is 86.2 Å². The molecule has 196 valence electrons. The second kappa shape index (κ2) is 12.1. The number of sulfonamides is 1. The second-order valence-electron chi connectivity index (χ2n) is 9.17. The number of ether oxygens (including phenoxy) is 2. The van der Waals surface area contributed by atoms with Crippen molar-refractivity contribution in [3.05, 3.63) is 84.4 Å². The molecule has 0 unspecified atom stereocenters. The highest BCUT2D eigenvalue weighted by Crippen LogP contribution is 2.26. The topological polar surface area (TPSA) is 76.1 Å². The van der Waals surface area contributed by atoms with Crippen LogP contribution in [-0.4, -0.2) is 52.6 Å². The van der Waals surface area contributed by atoms with Crippen molar-refractivity contribution >= 4 is 21.6 Å². The smallest absolute Gasteiger partial charge is 0.264 e. The lowest BCUT2D eigenvalue weighted by Crippen LogP contribution is -2.41. The molecule has 1 aliphatic rings. The third-order valence-corrected chi connectivity index (χ3v) is 8.49. The van der Waals surface area contributed by atoms with Gasteiger partial charge in [-0.25, -0.2) is 8.42 Å². The van der Waals surface area contributed by atoms with E-state index in [0.717, 1.165) is 32.4 Å². The van der Waals surface area contributed by atoms with E-state index in [4.69, 9.17) is 9.47 Å². The molecule has 0 aliphatic carbocycles. The third-order valence-electron chi connectivity index (χ3n) is 6.69. The van der Waals surface area contributed by atoms with E-state index in [1.807, 2.05) is 17.9 Å². The average molecular weight is 523 g/mol. The van der Waals surface area contributed by atoms with E-state index in [1.54, 1.807) is 36.4 Å². The maximum Gasteiger partial charge on any atom is 0.264 e. The Morgan fingerprint density at radius 2 is 1.49 bits per heavy atom. The number of anilines is 1. The number of carbonyl (C=O) groups excluding carboxylic acids is 1. The highest BCUT2D eigenvalue weighted by molar-refractivity contribution is 7.92. The summed E-state index contributed by atoms with van der Waals surface area (Å²) in [7, 11) is -2.22. The van der Waals surface area contributed by atoms with E-state index in [2.05, 4.69) is 24.3 Å². The van der Waals surface area contributed by atoms with Gasteiger partial charge >= 0.3 is 0 Å². The lowest BCUT2D eigenvalue weighted by molar-refractivity contribution is -0.134. The predicted octanol–water partition coefficient (Wildman–Crippen LogP) is 4.77. The predicted molar refractivity (Wildman–Crippen MR) is 145 cm³/mol. The van der Waals surface area contributed by atoms with Crippen LogP contribution in [0.25, 0.3) is 0 Å². The molecule has 1 aliphatic heterocycles. The Balaban J connectivity index is 1.26. The zero-order valence-corrected chi connectivity index (χ0v) is 22.2. The minimum Gasteiger partial charge on any atom is -0.494 e. The number of hydrogen-bond donors (Lipinski definition) is 0. The fourth-order valence-electron chi connectivity index (χ4n) is 4.49. The maximum absolute atomic E-state index is 13.0. The summed E-state index contributed by atoms with van der Waals surface area (Å²) < 4.78 is 38.3. The van der Waals surface area contributed by atoms with E-state index in [9.17, 15) is 13.2 Å². The number of amides is 1. The Kier molecular flexibility index (Phi) is 8.71. The van der Waals surface area contributed by atoms with Crippen LogP contribution in [0.1, 0.15) is 25.3 Å². The fraction of sp³-hybridized carbons (Fsp3) is 0.345. The van der Waals surface area contributed by atoms with Crippen LogP contribution in [0, 0.1) is 5.92 Å². The largest absolute Gasteiger partial charge is 0.494 e. The van der Waals surface area contributed by atoms with E-state index >= 15 is 0 Å². The van der Waals surface area contributed by atoms with E-state index in [1.165, 1.54) is 29.0 Å². The SMILES string of the molecule is CCOc1ccc(S(=O)(=O)N(C)c2ccc(OCC(=O)N3CCC(Cc4ccccc4)CC3)cc2)cc1. The number of piperidine rings is 1. The molecule has 0 saturated carbocycles. The first-order chi connectivity index (χ1) is 17.9. The molecule has 0 radical (unpaired) electrons. The molecule has 3 aromatic rings. The molecule has 1 saturated heterocycles. The third kappa shape index (κ3) is 6.83. The molecular weight excluding hydrogens is 488 g/mol. The average Bonchev–Trinajstić information content (AvgIpc) is 2.93. The Morgan fingerprint density at radius 1 is 0.892 bits per heavy atom. The number of carbonyl (C=O) groups is 1. The first-order valence-corrected chi connectivity index (χ1v) is 14.1. The number of rotatable bonds is 10. The first-order valence-electron chi connectivity index (χ1n) is 12.6. The standard InChI is InChI=1S/C29H34N2O5S/c1-3-35-26-13-15-28(16-14-26)37(33,34)30(2)25-9-11-27(12-10-25)36-22-29(32)31-19-17-24(18-20-31)21-23-7-5-4-6-8-23/h4-16,24H,3,17-22H2,1-2H3. The number of benzene rings is 3. The number of likely N-dealkylation sites (tertiary alicyclic amines) is 1. The summed E-state index contributed by atoms with van der Waals surface area (Å²) in [6, 6.07) is 23.5. The van der Waals surface area contributed by atoms with Gasteiger partial charge in [0.2, 0.25) is 0 Å². The summed E-state index contributed by atoms with van der Waals surface area (Å²) in [6.07, 6.45) is 3.03. The summed E-state index contributed by atoms with van der Waals surface area (Å²) in [5.74, 6) is 1.70. The zero-order valence-electron chi connectivity index (χ0n) is 21.4. The summed E-state index contributed by atoms with van der Waals surface area (Å²) >= 11 is 0. The molecule has 37 heavy (non-hydrogen) atoms. The van der Waals surface area contributed by atoms with Crippen molar-refractivity contribution in [1.82, 2.24) is 4.90 Å². The highest BCUT2D eigenvalue weighted by Gasteiger charge is 2.24. The monoisotopic (exact) mass is 522 g/mol. The minimum atomic E-state index is -3.73. The van der Waals surface area contributed by atoms with Crippen molar-refractivity contribution in [1.29, 1.82) is 0 Å². The molecule has 0 atom stereocenters. The van der Waals surface area contributed by atoms with Crippen LogP contribution < -0.4 is 13.8 Å². The van der Waals surface area contributed by atoms with Gasteiger partial charge < -0.3 is 14.4 Å². The maximum atomic E-state index is 13.0.